The summed E-state index contributed by atoms with van der Waals surface area (Å²) < 4.78 is 0.568. The normalized spacial score (nSPS) is 14.6. The summed E-state index contributed by atoms with van der Waals surface area (Å²) in [6.45, 7) is 0.429. The molecule has 0 aliphatic heterocycles. The number of rotatable bonds is 4. The first-order valence-electron chi connectivity index (χ1n) is 3.46. The number of hydrogen-bond donors (Lipinski definition) is 0. The average molecular weight is 180 g/mol. The van der Waals surface area contributed by atoms with Crippen molar-refractivity contribution < 1.29 is 14.4 Å². The Morgan fingerprint density at radius 2 is 2.00 bits per heavy atom. The molecule has 0 fully saturated rings. The Kier molecular flexibility index (Phi) is 4.00. The fourth-order valence-corrected chi connectivity index (χ4v) is 1.03. The second-order valence-electron chi connectivity index (χ2n) is 3.65. The highest BCUT2D eigenvalue weighted by molar-refractivity contribution is 6.63. The van der Waals surface area contributed by atoms with E-state index in [0.29, 0.717) is 11.0 Å². The van der Waals surface area contributed by atoms with Gasteiger partial charge in [-0.2, -0.15) is 0 Å². The van der Waals surface area contributed by atoms with E-state index in [-0.39, 0.29) is 6.42 Å². The van der Waals surface area contributed by atoms with Crippen LogP contribution in [-0.2, 0) is 4.79 Å². The van der Waals surface area contributed by atoms with Crippen molar-refractivity contribution in [3.8, 4) is 0 Å². The van der Waals surface area contributed by atoms with Crippen LogP contribution in [0.4, 0.5) is 0 Å². The molecule has 0 bridgehead atoms. The van der Waals surface area contributed by atoms with Crippen LogP contribution in [0.25, 0.3) is 0 Å². The molecule has 1 unspecified atom stereocenters. The van der Waals surface area contributed by atoms with E-state index in [9.17, 15) is 9.90 Å². The standard InChI is InChI=1S/C7H14ClNO2/c1-9(2,3)5-6(10)4-7(8)11/h6H,4-5H2,1-3H3. The van der Waals surface area contributed by atoms with Crippen molar-refractivity contribution in [2.75, 3.05) is 27.7 Å². The van der Waals surface area contributed by atoms with Gasteiger partial charge in [-0.3, -0.25) is 4.79 Å². The first-order chi connectivity index (χ1) is 4.81. The Balaban J connectivity index is 3.69. The van der Waals surface area contributed by atoms with E-state index in [1.165, 1.54) is 0 Å². The highest BCUT2D eigenvalue weighted by Crippen LogP contribution is 1.98. The third-order valence-electron chi connectivity index (χ3n) is 1.14. The lowest BCUT2D eigenvalue weighted by Crippen LogP contribution is -2.47. The van der Waals surface area contributed by atoms with Gasteiger partial charge in [-0.1, -0.05) is 6.10 Å². The van der Waals surface area contributed by atoms with E-state index < -0.39 is 11.3 Å². The monoisotopic (exact) mass is 179 g/mol. The molecule has 0 N–H and O–H groups in total. The first kappa shape index (κ1) is 10.9. The van der Waals surface area contributed by atoms with Gasteiger partial charge < -0.3 is 9.59 Å². The molecular formula is C7H14ClNO2. The maximum absolute atomic E-state index is 11.0. The number of nitrogens with zero attached hydrogens (tertiary/aromatic N) is 1. The van der Waals surface area contributed by atoms with Crippen molar-refractivity contribution in [2.24, 2.45) is 0 Å². The quantitative estimate of drug-likeness (QED) is 0.435. The minimum absolute atomic E-state index is 0.0723. The average Bonchev–Trinajstić information content (AvgIpc) is 1.53. The molecule has 0 saturated carbocycles. The molecule has 4 heteroatoms. The maximum atomic E-state index is 11.0. The van der Waals surface area contributed by atoms with E-state index in [4.69, 9.17) is 11.6 Å². The van der Waals surface area contributed by atoms with Gasteiger partial charge in [0.1, 0.15) is 0 Å². The number of carbonyl (C=O) groups is 1. The molecule has 0 aromatic rings. The second kappa shape index (κ2) is 4.04. The van der Waals surface area contributed by atoms with Crippen molar-refractivity contribution in [2.45, 2.75) is 12.5 Å². The van der Waals surface area contributed by atoms with Crippen LogP contribution in [0.1, 0.15) is 6.42 Å². The Bertz CT molecular complexity index is 142. The van der Waals surface area contributed by atoms with E-state index in [0.717, 1.165) is 0 Å². The summed E-state index contributed by atoms with van der Waals surface area (Å²) in [7, 11) is 5.72. The maximum Gasteiger partial charge on any atom is 0.220 e. The molecule has 0 aromatic carbocycles. The number of hydrogen-bond acceptors (Lipinski definition) is 2. The summed E-state index contributed by atoms with van der Waals surface area (Å²) in [6, 6.07) is 0. The van der Waals surface area contributed by atoms with Crippen LogP contribution in [0.15, 0.2) is 0 Å². The Labute approximate surface area is 72.2 Å². The minimum Gasteiger partial charge on any atom is -0.848 e. The van der Waals surface area contributed by atoms with Gasteiger partial charge in [0.2, 0.25) is 5.24 Å². The molecular weight excluding hydrogens is 166 g/mol. The summed E-state index contributed by atoms with van der Waals surface area (Å²) in [5.41, 5.74) is 0. The highest BCUT2D eigenvalue weighted by Gasteiger charge is 2.10. The molecule has 0 heterocycles. The van der Waals surface area contributed by atoms with Gasteiger partial charge in [-0.15, -0.1) is 0 Å². The molecule has 1 atom stereocenters. The van der Waals surface area contributed by atoms with Crippen molar-refractivity contribution in [1.29, 1.82) is 0 Å². The van der Waals surface area contributed by atoms with Gasteiger partial charge in [-0.05, 0) is 11.6 Å². The van der Waals surface area contributed by atoms with E-state index >= 15 is 0 Å². The van der Waals surface area contributed by atoms with Crippen molar-refractivity contribution in [1.82, 2.24) is 0 Å². The van der Waals surface area contributed by atoms with Gasteiger partial charge in [0, 0.05) is 6.42 Å². The van der Waals surface area contributed by atoms with Crippen LogP contribution in [0.5, 0.6) is 0 Å². The van der Waals surface area contributed by atoms with Crippen LogP contribution in [-0.4, -0.2) is 43.5 Å². The molecule has 0 aromatic heterocycles. The van der Waals surface area contributed by atoms with E-state index in [1.54, 1.807) is 0 Å². The third-order valence-corrected chi connectivity index (χ3v) is 1.29. The van der Waals surface area contributed by atoms with Crippen LogP contribution in [0.2, 0.25) is 0 Å². The van der Waals surface area contributed by atoms with Gasteiger partial charge in [0.15, 0.2) is 0 Å². The smallest absolute Gasteiger partial charge is 0.220 e. The summed E-state index contributed by atoms with van der Waals surface area (Å²) in [5.74, 6) is 0. The minimum atomic E-state index is -0.875. The number of carbonyl (C=O) groups excluding carboxylic acids is 1. The Hall–Kier alpha value is -0.120. The third kappa shape index (κ3) is 7.78. The van der Waals surface area contributed by atoms with E-state index in [1.807, 2.05) is 21.1 Å². The van der Waals surface area contributed by atoms with Gasteiger partial charge in [0.25, 0.3) is 0 Å². The predicted molar refractivity (Wildman–Crippen MR) is 42.2 cm³/mol. The highest BCUT2D eigenvalue weighted by atomic mass is 35.5. The summed E-state index contributed by atoms with van der Waals surface area (Å²) >= 11 is 5.06. The number of halogens is 1. The number of likely N-dealkylation sites (N-methyl/N-ethyl adjacent to an activating group) is 1. The lowest BCUT2D eigenvalue weighted by Gasteiger charge is -2.31. The summed E-state index contributed by atoms with van der Waals surface area (Å²) in [6.07, 6.45) is -0.947. The lowest BCUT2D eigenvalue weighted by atomic mass is 10.2. The van der Waals surface area contributed by atoms with Gasteiger partial charge in [-0.25, -0.2) is 0 Å². The van der Waals surface area contributed by atoms with Crippen LogP contribution in [0, 0.1) is 0 Å². The number of quaternary nitrogens is 1. The van der Waals surface area contributed by atoms with E-state index in [2.05, 4.69) is 0 Å². The zero-order chi connectivity index (χ0) is 9.07. The Morgan fingerprint density at radius 3 is 2.27 bits per heavy atom. The molecule has 0 aliphatic rings. The largest absolute Gasteiger partial charge is 0.848 e. The molecule has 0 spiro atoms. The van der Waals surface area contributed by atoms with Crippen molar-refractivity contribution >= 4 is 16.8 Å². The lowest BCUT2D eigenvalue weighted by molar-refractivity contribution is -0.880. The SMILES string of the molecule is C[N+](C)(C)CC([O-])CC(=O)Cl. The molecule has 0 radical (unpaired) electrons. The molecule has 0 aliphatic carbocycles. The zero-order valence-corrected chi connectivity index (χ0v) is 7.89. The van der Waals surface area contributed by atoms with Crippen LogP contribution < -0.4 is 5.11 Å². The topological polar surface area (TPSA) is 40.1 Å². The second-order valence-corrected chi connectivity index (χ2v) is 4.08. The first-order valence-corrected chi connectivity index (χ1v) is 3.83. The van der Waals surface area contributed by atoms with Crippen molar-refractivity contribution in [3.05, 3.63) is 0 Å². The molecule has 0 amide bonds. The fourth-order valence-electron chi connectivity index (χ4n) is 0.854. The fraction of sp³-hybridized carbons (Fsp3) is 0.857. The predicted octanol–water partition coefficient (Wildman–Crippen LogP) is -0.423. The summed E-state index contributed by atoms with van der Waals surface area (Å²) in [5, 5.41) is 10.5. The molecule has 11 heavy (non-hydrogen) atoms. The summed E-state index contributed by atoms with van der Waals surface area (Å²) in [4.78, 5) is 10.3. The van der Waals surface area contributed by atoms with Gasteiger partial charge in [0.05, 0.1) is 27.7 Å². The van der Waals surface area contributed by atoms with Gasteiger partial charge >= 0.3 is 0 Å². The molecule has 0 saturated heterocycles. The van der Waals surface area contributed by atoms with Crippen molar-refractivity contribution in [3.63, 3.8) is 0 Å². The van der Waals surface area contributed by atoms with Crippen LogP contribution >= 0.6 is 11.6 Å². The molecule has 66 valence electrons. The molecule has 0 rings (SSSR count). The Morgan fingerprint density at radius 1 is 1.55 bits per heavy atom. The molecule has 3 nitrogen and oxygen atoms in total. The zero-order valence-electron chi connectivity index (χ0n) is 7.13. The van der Waals surface area contributed by atoms with Crippen LogP contribution in [0.3, 0.4) is 0 Å².